The number of halogens is 1. The van der Waals surface area contributed by atoms with E-state index >= 15 is 0 Å². The van der Waals surface area contributed by atoms with Gasteiger partial charge in [0, 0.05) is 18.1 Å². The molecule has 0 atom stereocenters. The molecule has 3 N–H and O–H groups in total. The number of nitrogens with two attached hydrogens (primary N) is 1. The summed E-state index contributed by atoms with van der Waals surface area (Å²) in [6.45, 7) is 0. The van der Waals surface area contributed by atoms with Crippen molar-refractivity contribution in [2.45, 2.75) is 62.6 Å². The molecule has 2 saturated carbocycles. The first-order chi connectivity index (χ1) is 9.22. The summed E-state index contributed by atoms with van der Waals surface area (Å²) in [4.78, 5) is 0. The number of benzene rings is 1. The highest BCUT2D eigenvalue weighted by atomic mass is 19.1. The van der Waals surface area contributed by atoms with E-state index in [2.05, 4.69) is 5.32 Å². The summed E-state index contributed by atoms with van der Waals surface area (Å²) >= 11 is 0. The summed E-state index contributed by atoms with van der Waals surface area (Å²) in [6, 6.07) is 8.80. The minimum Gasteiger partial charge on any atom is -0.328 e. The normalized spacial score (nSPS) is 34.8. The minimum atomic E-state index is -0.0467. The number of rotatable bonds is 3. The van der Waals surface area contributed by atoms with Gasteiger partial charge in [-0.15, -0.1) is 0 Å². The zero-order valence-electron chi connectivity index (χ0n) is 11.3. The van der Waals surface area contributed by atoms with Crippen LogP contribution in [-0.2, 0) is 0 Å². The summed E-state index contributed by atoms with van der Waals surface area (Å²) in [5.74, 6) is 0.360. The molecule has 2 aliphatic carbocycles. The highest BCUT2D eigenvalue weighted by Gasteiger charge is 2.33. The van der Waals surface area contributed by atoms with Crippen molar-refractivity contribution in [1.82, 2.24) is 5.32 Å². The molecular weight excluding hydrogens is 239 g/mol. The van der Waals surface area contributed by atoms with Crippen LogP contribution < -0.4 is 11.1 Å². The SMILES string of the molecule is NC1CCC(NC2CC(c3ccccc3F)C2)CC1. The van der Waals surface area contributed by atoms with Gasteiger partial charge < -0.3 is 11.1 Å². The van der Waals surface area contributed by atoms with Crippen LogP contribution in [0.1, 0.15) is 50.0 Å². The van der Waals surface area contributed by atoms with Crippen LogP contribution >= 0.6 is 0 Å². The van der Waals surface area contributed by atoms with Crippen molar-refractivity contribution in [2.75, 3.05) is 0 Å². The van der Waals surface area contributed by atoms with E-state index in [1.54, 1.807) is 12.1 Å². The van der Waals surface area contributed by atoms with Crippen LogP contribution in [0.4, 0.5) is 4.39 Å². The fourth-order valence-corrected chi connectivity index (χ4v) is 3.43. The zero-order valence-corrected chi connectivity index (χ0v) is 11.3. The lowest BCUT2D eigenvalue weighted by molar-refractivity contribution is 0.229. The van der Waals surface area contributed by atoms with Gasteiger partial charge >= 0.3 is 0 Å². The van der Waals surface area contributed by atoms with Crippen molar-refractivity contribution in [2.24, 2.45) is 5.73 Å². The molecule has 3 heteroatoms. The lowest BCUT2D eigenvalue weighted by Crippen LogP contribution is -2.47. The van der Waals surface area contributed by atoms with Gasteiger partial charge in [-0.2, -0.15) is 0 Å². The Hall–Kier alpha value is -0.930. The second kappa shape index (κ2) is 5.59. The molecule has 0 amide bonds. The predicted octanol–water partition coefficient (Wildman–Crippen LogP) is 2.93. The fourth-order valence-electron chi connectivity index (χ4n) is 3.43. The smallest absolute Gasteiger partial charge is 0.126 e. The Morgan fingerprint density at radius 2 is 1.68 bits per heavy atom. The quantitative estimate of drug-likeness (QED) is 0.879. The maximum atomic E-state index is 13.7. The van der Waals surface area contributed by atoms with Gasteiger partial charge in [0.25, 0.3) is 0 Å². The number of nitrogens with one attached hydrogen (secondary N) is 1. The first-order valence-corrected chi connectivity index (χ1v) is 7.48. The fraction of sp³-hybridized carbons (Fsp3) is 0.625. The van der Waals surface area contributed by atoms with Crippen molar-refractivity contribution < 1.29 is 4.39 Å². The lowest BCUT2D eigenvalue weighted by atomic mass is 9.75. The summed E-state index contributed by atoms with van der Waals surface area (Å²) in [7, 11) is 0. The Kier molecular flexibility index (Phi) is 3.85. The van der Waals surface area contributed by atoms with Gasteiger partial charge in [0.15, 0.2) is 0 Å². The molecule has 0 spiro atoms. The van der Waals surface area contributed by atoms with E-state index in [4.69, 9.17) is 5.73 Å². The molecule has 0 unspecified atom stereocenters. The molecule has 2 nitrogen and oxygen atoms in total. The molecule has 0 bridgehead atoms. The topological polar surface area (TPSA) is 38.0 Å². The molecule has 3 rings (SSSR count). The van der Waals surface area contributed by atoms with Crippen LogP contribution in [0, 0.1) is 5.82 Å². The number of hydrogen-bond donors (Lipinski definition) is 2. The zero-order chi connectivity index (χ0) is 13.2. The Balaban J connectivity index is 1.47. The average molecular weight is 262 g/mol. The third-order valence-corrected chi connectivity index (χ3v) is 4.73. The van der Waals surface area contributed by atoms with Crippen LogP contribution in [0.25, 0.3) is 0 Å². The largest absolute Gasteiger partial charge is 0.328 e. The van der Waals surface area contributed by atoms with E-state index in [-0.39, 0.29) is 5.82 Å². The van der Waals surface area contributed by atoms with E-state index in [1.165, 1.54) is 12.8 Å². The lowest BCUT2D eigenvalue weighted by Gasteiger charge is -2.40. The van der Waals surface area contributed by atoms with Gasteiger partial charge in [-0.05, 0) is 56.1 Å². The summed E-state index contributed by atoms with van der Waals surface area (Å²) in [5, 5.41) is 3.72. The second-order valence-corrected chi connectivity index (χ2v) is 6.17. The van der Waals surface area contributed by atoms with Crippen LogP contribution in [0.15, 0.2) is 24.3 Å². The standard InChI is InChI=1S/C16H23FN2/c17-16-4-2-1-3-15(16)11-9-14(10-11)19-13-7-5-12(18)6-8-13/h1-4,11-14,19H,5-10,18H2. The maximum absolute atomic E-state index is 13.7. The summed E-state index contributed by atoms with van der Waals surface area (Å²) in [5.41, 5.74) is 6.81. The molecule has 19 heavy (non-hydrogen) atoms. The Bertz CT molecular complexity index is 421. The average Bonchev–Trinajstić information content (AvgIpc) is 2.37. The van der Waals surface area contributed by atoms with Crippen molar-refractivity contribution in [3.63, 3.8) is 0 Å². The van der Waals surface area contributed by atoms with Crippen molar-refractivity contribution in [3.8, 4) is 0 Å². The van der Waals surface area contributed by atoms with E-state index in [1.807, 2.05) is 12.1 Å². The molecule has 2 aliphatic rings. The molecular formula is C16H23FN2. The molecule has 104 valence electrons. The van der Waals surface area contributed by atoms with Crippen molar-refractivity contribution in [1.29, 1.82) is 0 Å². The van der Waals surface area contributed by atoms with Gasteiger partial charge in [-0.1, -0.05) is 18.2 Å². The molecule has 0 aliphatic heterocycles. The van der Waals surface area contributed by atoms with E-state index in [9.17, 15) is 4.39 Å². The Labute approximate surface area is 114 Å². The molecule has 0 radical (unpaired) electrons. The Morgan fingerprint density at radius 3 is 2.37 bits per heavy atom. The molecule has 2 fully saturated rings. The molecule has 0 saturated heterocycles. The van der Waals surface area contributed by atoms with E-state index < -0.39 is 0 Å². The van der Waals surface area contributed by atoms with E-state index in [0.29, 0.717) is 24.0 Å². The second-order valence-electron chi connectivity index (χ2n) is 6.17. The van der Waals surface area contributed by atoms with Gasteiger partial charge in [0.2, 0.25) is 0 Å². The number of hydrogen-bond acceptors (Lipinski definition) is 2. The maximum Gasteiger partial charge on any atom is 0.126 e. The Morgan fingerprint density at radius 1 is 1.00 bits per heavy atom. The molecule has 1 aromatic carbocycles. The van der Waals surface area contributed by atoms with Crippen LogP contribution in [0.3, 0.4) is 0 Å². The van der Waals surface area contributed by atoms with Crippen LogP contribution in [-0.4, -0.2) is 18.1 Å². The highest BCUT2D eigenvalue weighted by Crippen LogP contribution is 2.38. The van der Waals surface area contributed by atoms with Gasteiger partial charge in [-0.3, -0.25) is 0 Å². The highest BCUT2D eigenvalue weighted by molar-refractivity contribution is 5.24. The van der Waals surface area contributed by atoms with Gasteiger partial charge in [-0.25, -0.2) is 4.39 Å². The van der Waals surface area contributed by atoms with Gasteiger partial charge in [0.05, 0.1) is 0 Å². The van der Waals surface area contributed by atoms with Crippen molar-refractivity contribution in [3.05, 3.63) is 35.6 Å². The molecule has 1 aromatic rings. The summed E-state index contributed by atoms with van der Waals surface area (Å²) in [6.07, 6.45) is 6.82. The third kappa shape index (κ3) is 2.98. The molecule has 0 heterocycles. The first-order valence-electron chi connectivity index (χ1n) is 7.48. The van der Waals surface area contributed by atoms with Gasteiger partial charge in [0.1, 0.15) is 5.82 Å². The van der Waals surface area contributed by atoms with E-state index in [0.717, 1.165) is 31.2 Å². The summed E-state index contributed by atoms with van der Waals surface area (Å²) < 4.78 is 13.7. The minimum absolute atomic E-state index is 0.0467. The predicted molar refractivity (Wildman–Crippen MR) is 75.5 cm³/mol. The van der Waals surface area contributed by atoms with Crippen molar-refractivity contribution >= 4 is 0 Å². The van der Waals surface area contributed by atoms with Crippen LogP contribution in [0.5, 0.6) is 0 Å². The monoisotopic (exact) mass is 262 g/mol. The van der Waals surface area contributed by atoms with Crippen LogP contribution in [0.2, 0.25) is 0 Å². The third-order valence-electron chi connectivity index (χ3n) is 4.73. The molecule has 0 aromatic heterocycles. The first kappa shape index (κ1) is 13.1.